The predicted molar refractivity (Wildman–Crippen MR) is 77.5 cm³/mol. The molecule has 2 heterocycles. The summed E-state index contributed by atoms with van der Waals surface area (Å²) in [7, 11) is 0. The van der Waals surface area contributed by atoms with Gasteiger partial charge in [0, 0.05) is 28.5 Å². The van der Waals surface area contributed by atoms with Crippen LogP contribution in [0.4, 0.5) is 0 Å². The summed E-state index contributed by atoms with van der Waals surface area (Å²) in [6.07, 6.45) is 1.98. The van der Waals surface area contributed by atoms with E-state index in [4.69, 9.17) is 5.73 Å². The molecule has 0 atom stereocenters. The van der Waals surface area contributed by atoms with Crippen LogP contribution in [0.15, 0.2) is 15.9 Å². The van der Waals surface area contributed by atoms with E-state index in [0.29, 0.717) is 19.1 Å². The molecule has 3 N–H and O–H groups in total. The quantitative estimate of drug-likeness (QED) is 0.880. The minimum absolute atomic E-state index is 0.0887. The molecule has 0 radical (unpaired) electrons. The van der Waals surface area contributed by atoms with Crippen molar-refractivity contribution in [3.05, 3.63) is 20.8 Å². The summed E-state index contributed by atoms with van der Waals surface area (Å²) in [4.78, 5) is 15.1. The Morgan fingerprint density at radius 3 is 2.89 bits per heavy atom. The number of thiophene rings is 1. The molecular weight excluding hydrogens is 314 g/mol. The van der Waals surface area contributed by atoms with Crippen LogP contribution >= 0.6 is 27.3 Å². The van der Waals surface area contributed by atoms with Crippen LogP contribution < -0.4 is 11.1 Å². The molecule has 1 aliphatic rings. The Bertz CT molecular complexity index is 402. The van der Waals surface area contributed by atoms with Gasteiger partial charge in [0.15, 0.2) is 0 Å². The maximum Gasteiger partial charge on any atom is 0.234 e. The number of halogens is 1. The molecule has 0 unspecified atom stereocenters. The van der Waals surface area contributed by atoms with Gasteiger partial charge >= 0.3 is 0 Å². The maximum atomic E-state index is 11.8. The highest BCUT2D eigenvalue weighted by atomic mass is 79.9. The lowest BCUT2D eigenvalue weighted by molar-refractivity contribution is -0.122. The third-order valence-corrected chi connectivity index (χ3v) is 5.06. The molecule has 2 rings (SSSR count). The first-order valence-electron chi connectivity index (χ1n) is 6.11. The number of rotatable bonds is 4. The van der Waals surface area contributed by atoms with Crippen LogP contribution in [0, 0.1) is 0 Å². The van der Waals surface area contributed by atoms with E-state index in [1.165, 1.54) is 0 Å². The molecule has 1 aromatic rings. The van der Waals surface area contributed by atoms with Crippen molar-refractivity contribution in [1.29, 1.82) is 0 Å². The Hall–Kier alpha value is -0.430. The number of carbonyl (C=O) groups excluding carboxylic acids is 1. The molecule has 6 heteroatoms. The van der Waals surface area contributed by atoms with Crippen LogP contribution in [0.5, 0.6) is 0 Å². The van der Waals surface area contributed by atoms with Gasteiger partial charge in [0.25, 0.3) is 0 Å². The van der Waals surface area contributed by atoms with Gasteiger partial charge in [-0.1, -0.05) is 0 Å². The first-order valence-corrected chi connectivity index (χ1v) is 7.79. The van der Waals surface area contributed by atoms with Gasteiger partial charge in [-0.2, -0.15) is 0 Å². The van der Waals surface area contributed by atoms with Crippen molar-refractivity contribution in [2.75, 3.05) is 19.6 Å². The zero-order chi connectivity index (χ0) is 13.0. The molecule has 18 heavy (non-hydrogen) atoms. The van der Waals surface area contributed by atoms with Gasteiger partial charge in [-0.25, -0.2) is 0 Å². The normalized spacial score (nSPS) is 17.9. The number of amides is 1. The number of carbonyl (C=O) groups is 1. The zero-order valence-corrected chi connectivity index (χ0v) is 12.6. The Balaban J connectivity index is 1.71. The van der Waals surface area contributed by atoms with Crippen molar-refractivity contribution in [3.8, 4) is 0 Å². The number of likely N-dealkylation sites (tertiary alicyclic amines) is 1. The third-order valence-electron chi connectivity index (χ3n) is 3.14. The van der Waals surface area contributed by atoms with E-state index in [1.807, 2.05) is 11.4 Å². The molecule has 4 nitrogen and oxygen atoms in total. The standard InChI is InChI=1S/C12H18BrN3OS/c13-10-3-6-18-11(10)7-15-12(17)8-16-4-1-9(14)2-5-16/h3,6,9H,1-2,4-5,7-8,14H2,(H,15,17). The van der Waals surface area contributed by atoms with Crippen molar-refractivity contribution in [3.63, 3.8) is 0 Å². The van der Waals surface area contributed by atoms with Gasteiger partial charge in [-0.3, -0.25) is 9.69 Å². The predicted octanol–water partition coefficient (Wildman–Crippen LogP) is 1.55. The first kappa shape index (κ1) is 14.0. The maximum absolute atomic E-state index is 11.8. The highest BCUT2D eigenvalue weighted by molar-refractivity contribution is 9.10. The van der Waals surface area contributed by atoms with Gasteiger partial charge in [0.2, 0.25) is 5.91 Å². The second-order valence-corrected chi connectivity index (χ2v) is 6.44. The van der Waals surface area contributed by atoms with E-state index in [0.717, 1.165) is 35.3 Å². The molecule has 1 aromatic heterocycles. The molecule has 1 fully saturated rings. The largest absolute Gasteiger partial charge is 0.350 e. The lowest BCUT2D eigenvalue weighted by Gasteiger charge is -2.29. The molecule has 1 aliphatic heterocycles. The van der Waals surface area contributed by atoms with Crippen LogP contribution in [-0.2, 0) is 11.3 Å². The lowest BCUT2D eigenvalue weighted by atomic mass is 10.1. The van der Waals surface area contributed by atoms with Crippen molar-refractivity contribution < 1.29 is 4.79 Å². The minimum atomic E-state index is 0.0887. The second-order valence-electron chi connectivity index (χ2n) is 4.58. The van der Waals surface area contributed by atoms with E-state index in [1.54, 1.807) is 11.3 Å². The molecule has 100 valence electrons. The topological polar surface area (TPSA) is 58.4 Å². The summed E-state index contributed by atoms with van der Waals surface area (Å²) < 4.78 is 1.07. The van der Waals surface area contributed by atoms with Crippen LogP contribution in [-0.4, -0.2) is 36.5 Å². The Morgan fingerprint density at radius 2 is 2.28 bits per heavy atom. The number of hydrogen-bond acceptors (Lipinski definition) is 4. The van der Waals surface area contributed by atoms with Gasteiger partial charge < -0.3 is 11.1 Å². The van der Waals surface area contributed by atoms with Crippen LogP contribution in [0.2, 0.25) is 0 Å². The molecule has 0 aliphatic carbocycles. The molecule has 0 aromatic carbocycles. The molecular formula is C12H18BrN3OS. The van der Waals surface area contributed by atoms with Crippen LogP contribution in [0.1, 0.15) is 17.7 Å². The first-order chi connectivity index (χ1) is 8.65. The summed E-state index contributed by atoms with van der Waals surface area (Å²) in [5.74, 6) is 0.0887. The van der Waals surface area contributed by atoms with Gasteiger partial charge in [-0.05, 0) is 40.2 Å². The molecule has 1 saturated heterocycles. The second kappa shape index (κ2) is 6.65. The zero-order valence-electron chi connectivity index (χ0n) is 10.2. The monoisotopic (exact) mass is 331 g/mol. The summed E-state index contributed by atoms with van der Waals surface area (Å²) in [5.41, 5.74) is 5.84. The summed E-state index contributed by atoms with van der Waals surface area (Å²) in [5, 5.41) is 4.96. The number of nitrogens with one attached hydrogen (secondary N) is 1. The van der Waals surface area contributed by atoms with Crippen molar-refractivity contribution in [2.24, 2.45) is 5.73 Å². The Labute approximate surface area is 120 Å². The number of nitrogens with zero attached hydrogens (tertiary/aromatic N) is 1. The fourth-order valence-electron chi connectivity index (χ4n) is 2.00. The van der Waals surface area contributed by atoms with Crippen molar-refractivity contribution in [1.82, 2.24) is 10.2 Å². The average molecular weight is 332 g/mol. The highest BCUT2D eigenvalue weighted by Gasteiger charge is 2.18. The van der Waals surface area contributed by atoms with Gasteiger partial charge in [0.1, 0.15) is 0 Å². The minimum Gasteiger partial charge on any atom is -0.350 e. The van der Waals surface area contributed by atoms with Gasteiger partial charge in [0.05, 0.1) is 13.1 Å². The molecule has 0 spiro atoms. The van der Waals surface area contributed by atoms with E-state index in [9.17, 15) is 4.79 Å². The van der Waals surface area contributed by atoms with Crippen molar-refractivity contribution >= 4 is 33.2 Å². The lowest BCUT2D eigenvalue weighted by Crippen LogP contribution is -2.44. The average Bonchev–Trinajstić information content (AvgIpc) is 2.75. The van der Waals surface area contributed by atoms with E-state index in [-0.39, 0.29) is 5.91 Å². The van der Waals surface area contributed by atoms with Gasteiger partial charge in [-0.15, -0.1) is 11.3 Å². The molecule has 1 amide bonds. The Kier molecular flexibility index (Phi) is 5.17. The smallest absolute Gasteiger partial charge is 0.234 e. The summed E-state index contributed by atoms with van der Waals surface area (Å²) in [6, 6.07) is 2.31. The number of hydrogen-bond donors (Lipinski definition) is 2. The fraction of sp³-hybridized carbons (Fsp3) is 0.583. The summed E-state index contributed by atoms with van der Waals surface area (Å²) >= 11 is 5.10. The van der Waals surface area contributed by atoms with E-state index in [2.05, 4.69) is 26.1 Å². The highest BCUT2D eigenvalue weighted by Crippen LogP contribution is 2.22. The van der Waals surface area contributed by atoms with E-state index < -0.39 is 0 Å². The van der Waals surface area contributed by atoms with Crippen LogP contribution in [0.25, 0.3) is 0 Å². The molecule has 0 bridgehead atoms. The fourth-order valence-corrected chi connectivity index (χ4v) is 3.43. The SMILES string of the molecule is NC1CCN(CC(=O)NCc2sccc2Br)CC1. The molecule has 0 saturated carbocycles. The van der Waals surface area contributed by atoms with E-state index >= 15 is 0 Å². The number of piperidine rings is 1. The third kappa shape index (κ3) is 4.05. The van der Waals surface area contributed by atoms with Crippen molar-refractivity contribution in [2.45, 2.75) is 25.4 Å². The van der Waals surface area contributed by atoms with Crippen LogP contribution in [0.3, 0.4) is 0 Å². The Morgan fingerprint density at radius 1 is 1.56 bits per heavy atom. The number of nitrogens with two attached hydrogens (primary N) is 1. The summed E-state index contributed by atoms with van der Waals surface area (Å²) in [6.45, 7) is 2.94.